The number of carbonyl (C=O) groups excluding carboxylic acids is 2. The first-order chi connectivity index (χ1) is 11.0. The number of carbonyl (C=O) groups is 2. The second kappa shape index (κ2) is 10.1. The van der Waals surface area contributed by atoms with E-state index in [1.807, 2.05) is 6.92 Å². The van der Waals surface area contributed by atoms with E-state index in [4.69, 9.17) is 14.2 Å². The number of ether oxygens (including phenoxy) is 3. The lowest BCUT2D eigenvalue weighted by atomic mass is 10.1. The third kappa shape index (κ3) is 10.0. The fourth-order valence-electron chi connectivity index (χ4n) is 1.71. The lowest BCUT2D eigenvalue weighted by Crippen LogP contribution is -2.44. The molecule has 24 heavy (non-hydrogen) atoms. The van der Waals surface area contributed by atoms with Crippen molar-refractivity contribution in [3.05, 3.63) is 24.8 Å². The summed E-state index contributed by atoms with van der Waals surface area (Å²) in [6, 6.07) is -0.826. The topological polar surface area (TPSA) is 73.9 Å². The standard InChI is InChI=1S/C18H31NO5/c1-9-10-15(22-11-12(2)3)14(5)23-16(20)13(4)19-17(21)24-18(6,7)8/h9,13-15H,1-2,10-11H2,3-8H3,(H,19,21)/t13?,14-,15+/m0/s1. The summed E-state index contributed by atoms with van der Waals surface area (Å²) in [5.74, 6) is -0.554. The molecule has 1 N–H and O–H groups in total. The van der Waals surface area contributed by atoms with Gasteiger partial charge in [-0.3, -0.25) is 0 Å². The largest absolute Gasteiger partial charge is 0.458 e. The molecule has 0 spiro atoms. The zero-order chi connectivity index (χ0) is 18.9. The van der Waals surface area contributed by atoms with E-state index in [2.05, 4.69) is 18.5 Å². The van der Waals surface area contributed by atoms with E-state index in [9.17, 15) is 9.59 Å². The fourth-order valence-corrected chi connectivity index (χ4v) is 1.71. The van der Waals surface area contributed by atoms with E-state index in [1.54, 1.807) is 33.8 Å². The van der Waals surface area contributed by atoms with Crippen LogP contribution in [0.3, 0.4) is 0 Å². The summed E-state index contributed by atoms with van der Waals surface area (Å²) in [6.07, 6.45) is 0.765. The van der Waals surface area contributed by atoms with Crippen molar-refractivity contribution < 1.29 is 23.8 Å². The van der Waals surface area contributed by atoms with Crippen LogP contribution in [0.1, 0.15) is 48.0 Å². The van der Waals surface area contributed by atoms with Gasteiger partial charge in [0.05, 0.1) is 12.7 Å². The summed E-state index contributed by atoms with van der Waals surface area (Å²) in [5.41, 5.74) is 0.245. The van der Waals surface area contributed by atoms with Crippen molar-refractivity contribution in [1.82, 2.24) is 5.32 Å². The molecule has 0 heterocycles. The molecule has 0 rings (SSSR count). The van der Waals surface area contributed by atoms with Crippen LogP contribution in [0.25, 0.3) is 0 Å². The van der Waals surface area contributed by atoms with E-state index in [0.717, 1.165) is 5.57 Å². The minimum absolute atomic E-state index is 0.322. The Hall–Kier alpha value is -1.82. The van der Waals surface area contributed by atoms with Crippen LogP contribution in [0, 0.1) is 0 Å². The molecule has 0 radical (unpaired) electrons. The van der Waals surface area contributed by atoms with Gasteiger partial charge in [-0.25, -0.2) is 9.59 Å². The first-order valence-electron chi connectivity index (χ1n) is 8.03. The number of hydrogen-bond acceptors (Lipinski definition) is 5. The lowest BCUT2D eigenvalue weighted by molar-refractivity contribution is -0.157. The molecule has 0 saturated heterocycles. The molecular formula is C18H31NO5. The van der Waals surface area contributed by atoms with Gasteiger partial charge in [0.2, 0.25) is 0 Å². The Bertz CT molecular complexity index is 453. The van der Waals surface area contributed by atoms with Crippen molar-refractivity contribution >= 4 is 12.1 Å². The van der Waals surface area contributed by atoms with Gasteiger partial charge in [-0.15, -0.1) is 6.58 Å². The Morgan fingerprint density at radius 2 is 1.83 bits per heavy atom. The number of nitrogens with one attached hydrogen (secondary N) is 1. The van der Waals surface area contributed by atoms with Gasteiger partial charge in [0, 0.05) is 0 Å². The van der Waals surface area contributed by atoms with Gasteiger partial charge in [-0.1, -0.05) is 18.2 Å². The maximum Gasteiger partial charge on any atom is 0.408 e. The average Bonchev–Trinajstić information content (AvgIpc) is 2.40. The normalized spacial score (nSPS) is 14.9. The summed E-state index contributed by atoms with van der Waals surface area (Å²) < 4.78 is 16.2. The van der Waals surface area contributed by atoms with Gasteiger partial charge in [0.15, 0.2) is 0 Å². The predicted molar refractivity (Wildman–Crippen MR) is 93.8 cm³/mol. The molecule has 0 bridgehead atoms. The average molecular weight is 341 g/mol. The third-order valence-corrected chi connectivity index (χ3v) is 2.86. The Labute approximate surface area is 145 Å². The summed E-state index contributed by atoms with van der Waals surface area (Å²) in [4.78, 5) is 23.8. The van der Waals surface area contributed by atoms with E-state index in [1.165, 1.54) is 6.92 Å². The monoisotopic (exact) mass is 341 g/mol. The second-order valence-corrected chi connectivity index (χ2v) is 6.84. The first-order valence-corrected chi connectivity index (χ1v) is 8.03. The van der Waals surface area contributed by atoms with Crippen molar-refractivity contribution in [2.45, 2.75) is 71.8 Å². The summed E-state index contributed by atoms with van der Waals surface area (Å²) in [7, 11) is 0. The minimum Gasteiger partial charge on any atom is -0.458 e. The molecule has 0 aliphatic carbocycles. The highest BCUT2D eigenvalue weighted by Crippen LogP contribution is 2.12. The number of hydrogen-bond donors (Lipinski definition) is 1. The molecule has 0 aromatic heterocycles. The smallest absolute Gasteiger partial charge is 0.408 e. The minimum atomic E-state index is -0.826. The zero-order valence-electron chi connectivity index (χ0n) is 15.7. The number of rotatable bonds is 9. The molecule has 0 aromatic rings. The molecule has 1 unspecified atom stereocenters. The molecule has 6 heteroatoms. The molecule has 6 nitrogen and oxygen atoms in total. The highest BCUT2D eigenvalue weighted by molar-refractivity contribution is 5.81. The van der Waals surface area contributed by atoms with Gasteiger partial charge in [0.25, 0.3) is 0 Å². The maximum atomic E-state index is 12.1. The Morgan fingerprint density at radius 3 is 2.29 bits per heavy atom. The Morgan fingerprint density at radius 1 is 1.25 bits per heavy atom. The van der Waals surface area contributed by atoms with Crippen LogP contribution >= 0.6 is 0 Å². The van der Waals surface area contributed by atoms with Crippen molar-refractivity contribution in [2.24, 2.45) is 0 Å². The quantitative estimate of drug-likeness (QED) is 0.514. The van der Waals surface area contributed by atoms with Crippen LogP contribution in [0.4, 0.5) is 4.79 Å². The van der Waals surface area contributed by atoms with E-state index in [0.29, 0.717) is 13.0 Å². The summed E-state index contributed by atoms with van der Waals surface area (Å²) >= 11 is 0. The third-order valence-electron chi connectivity index (χ3n) is 2.86. The van der Waals surface area contributed by atoms with Crippen molar-refractivity contribution in [2.75, 3.05) is 6.61 Å². The molecule has 0 aromatic carbocycles. The SMILES string of the molecule is C=CC[C@@H](OCC(=C)C)[C@H](C)OC(=O)C(C)NC(=O)OC(C)(C)C. The first kappa shape index (κ1) is 22.2. The highest BCUT2D eigenvalue weighted by atomic mass is 16.6. The van der Waals surface area contributed by atoms with Crippen LogP contribution in [-0.2, 0) is 19.0 Å². The van der Waals surface area contributed by atoms with Crippen LogP contribution in [-0.4, -0.2) is 42.5 Å². The van der Waals surface area contributed by atoms with Crippen LogP contribution in [0.15, 0.2) is 24.8 Å². The van der Waals surface area contributed by atoms with Gasteiger partial charge in [-0.05, 0) is 48.0 Å². The lowest BCUT2D eigenvalue weighted by Gasteiger charge is -2.25. The van der Waals surface area contributed by atoms with Gasteiger partial charge in [-0.2, -0.15) is 0 Å². The van der Waals surface area contributed by atoms with Crippen LogP contribution < -0.4 is 5.32 Å². The van der Waals surface area contributed by atoms with E-state index in [-0.39, 0.29) is 6.10 Å². The molecular weight excluding hydrogens is 310 g/mol. The number of amides is 1. The molecule has 0 saturated carbocycles. The summed E-state index contributed by atoms with van der Waals surface area (Å²) in [6.45, 7) is 18.2. The highest BCUT2D eigenvalue weighted by Gasteiger charge is 2.26. The van der Waals surface area contributed by atoms with Crippen LogP contribution in [0.5, 0.6) is 0 Å². The molecule has 1 amide bonds. The van der Waals surface area contributed by atoms with E-state index >= 15 is 0 Å². The van der Waals surface area contributed by atoms with E-state index < -0.39 is 29.8 Å². The summed E-state index contributed by atoms with van der Waals surface area (Å²) in [5, 5.41) is 2.45. The van der Waals surface area contributed by atoms with Crippen molar-refractivity contribution in [3.8, 4) is 0 Å². The number of esters is 1. The second-order valence-electron chi connectivity index (χ2n) is 6.84. The Balaban J connectivity index is 4.55. The van der Waals surface area contributed by atoms with Gasteiger partial charge >= 0.3 is 12.1 Å². The predicted octanol–water partition coefficient (Wildman–Crippen LogP) is 3.37. The maximum absolute atomic E-state index is 12.1. The van der Waals surface area contributed by atoms with Gasteiger partial charge < -0.3 is 19.5 Å². The zero-order valence-corrected chi connectivity index (χ0v) is 15.7. The molecule has 3 atom stereocenters. The molecule has 0 aliphatic heterocycles. The molecule has 138 valence electrons. The van der Waals surface area contributed by atoms with Crippen molar-refractivity contribution in [3.63, 3.8) is 0 Å². The molecule has 0 fully saturated rings. The fraction of sp³-hybridized carbons (Fsp3) is 0.667. The van der Waals surface area contributed by atoms with Gasteiger partial charge in [0.1, 0.15) is 17.7 Å². The number of alkyl carbamates (subject to hydrolysis) is 1. The Kier molecular flexibility index (Phi) is 9.36. The van der Waals surface area contributed by atoms with Crippen molar-refractivity contribution in [1.29, 1.82) is 0 Å². The molecule has 0 aliphatic rings. The van der Waals surface area contributed by atoms with Crippen LogP contribution in [0.2, 0.25) is 0 Å².